The van der Waals surface area contributed by atoms with Crippen LogP contribution in [0.2, 0.25) is 0 Å². The molecular weight excluding hydrogens is 240 g/mol. The quantitative estimate of drug-likeness (QED) is 0.768. The first-order chi connectivity index (χ1) is 6.77. The molecule has 2 unspecified atom stereocenters. The fraction of sp³-hybridized carbons (Fsp3) is 0.455. The van der Waals surface area contributed by atoms with E-state index in [0.29, 0.717) is 6.04 Å². The van der Waals surface area contributed by atoms with Gasteiger partial charge >= 0.3 is 0 Å². The maximum atomic E-state index is 6.11. The van der Waals surface area contributed by atoms with Gasteiger partial charge in [0.2, 0.25) is 0 Å². The third-order valence-corrected chi connectivity index (χ3v) is 3.97. The molecule has 0 radical (unpaired) electrons. The molecule has 3 rings (SSSR count). The molecule has 1 fully saturated rings. The van der Waals surface area contributed by atoms with E-state index in [4.69, 9.17) is 5.73 Å². The maximum Gasteiger partial charge on any atom is 0.0775 e. The Morgan fingerprint density at radius 1 is 1.36 bits per heavy atom. The molecule has 0 saturated carbocycles. The molecule has 0 amide bonds. The van der Waals surface area contributed by atoms with Crippen LogP contribution in [0.3, 0.4) is 0 Å². The van der Waals surface area contributed by atoms with Crippen LogP contribution in [0.15, 0.2) is 22.7 Å². The second-order valence-electron chi connectivity index (χ2n) is 4.16. The van der Waals surface area contributed by atoms with Crippen molar-refractivity contribution in [1.82, 2.24) is 0 Å². The second kappa shape index (κ2) is 2.97. The molecule has 1 aromatic rings. The number of nitrogens with zero attached hydrogens (tertiary/aromatic N) is 1. The molecule has 1 saturated heterocycles. The number of hydrogen-bond donors (Lipinski definition) is 1. The van der Waals surface area contributed by atoms with E-state index >= 15 is 0 Å². The van der Waals surface area contributed by atoms with Crippen LogP contribution in [0.4, 0.5) is 5.69 Å². The highest BCUT2D eigenvalue weighted by Gasteiger charge is 2.38. The van der Waals surface area contributed by atoms with Gasteiger partial charge in [-0.1, -0.05) is 12.1 Å². The number of fused-ring (bicyclic) bond motifs is 3. The lowest BCUT2D eigenvalue weighted by molar-refractivity contribution is 0.673. The van der Waals surface area contributed by atoms with Crippen molar-refractivity contribution in [3.05, 3.63) is 28.2 Å². The zero-order chi connectivity index (χ0) is 9.71. The topological polar surface area (TPSA) is 29.3 Å². The minimum atomic E-state index is 0.222. The summed E-state index contributed by atoms with van der Waals surface area (Å²) in [5, 5.41) is 0. The van der Waals surface area contributed by atoms with Crippen LogP contribution >= 0.6 is 15.9 Å². The predicted octanol–water partition coefficient (Wildman–Crippen LogP) is 2.26. The van der Waals surface area contributed by atoms with E-state index in [-0.39, 0.29) is 6.17 Å². The summed E-state index contributed by atoms with van der Waals surface area (Å²) in [6.45, 7) is 0. The third kappa shape index (κ3) is 1.06. The average Bonchev–Trinajstić information content (AvgIpc) is 2.67. The van der Waals surface area contributed by atoms with Crippen LogP contribution in [0.1, 0.15) is 18.4 Å². The SMILES string of the molecule is NC1CCC2Cc3cccc(Br)c3N12. The van der Waals surface area contributed by atoms with E-state index in [0.717, 1.165) is 6.42 Å². The average molecular weight is 253 g/mol. The number of nitrogens with two attached hydrogens (primary N) is 1. The largest absolute Gasteiger partial charge is 0.352 e. The molecule has 3 heteroatoms. The van der Waals surface area contributed by atoms with Crippen molar-refractivity contribution in [2.24, 2.45) is 5.73 Å². The van der Waals surface area contributed by atoms with Crippen molar-refractivity contribution in [2.75, 3.05) is 4.90 Å². The fourth-order valence-electron chi connectivity index (χ4n) is 2.73. The van der Waals surface area contributed by atoms with Gasteiger partial charge in [-0.2, -0.15) is 0 Å². The summed E-state index contributed by atoms with van der Waals surface area (Å²) in [6.07, 6.45) is 3.76. The number of hydrogen-bond acceptors (Lipinski definition) is 2. The molecule has 2 nitrogen and oxygen atoms in total. The van der Waals surface area contributed by atoms with Gasteiger partial charge in [-0.25, -0.2) is 0 Å². The van der Waals surface area contributed by atoms with E-state index in [1.54, 1.807) is 0 Å². The highest BCUT2D eigenvalue weighted by molar-refractivity contribution is 9.10. The predicted molar refractivity (Wildman–Crippen MR) is 61.3 cm³/mol. The number of halogens is 1. The van der Waals surface area contributed by atoms with Crippen molar-refractivity contribution in [1.29, 1.82) is 0 Å². The number of benzene rings is 1. The first-order valence-electron chi connectivity index (χ1n) is 5.08. The summed E-state index contributed by atoms with van der Waals surface area (Å²) in [7, 11) is 0. The van der Waals surface area contributed by atoms with Crippen LogP contribution in [0, 0.1) is 0 Å². The number of anilines is 1. The van der Waals surface area contributed by atoms with E-state index in [1.807, 2.05) is 0 Å². The first-order valence-corrected chi connectivity index (χ1v) is 5.88. The van der Waals surface area contributed by atoms with E-state index < -0.39 is 0 Å². The molecule has 0 bridgehead atoms. The lowest BCUT2D eigenvalue weighted by Crippen LogP contribution is -2.39. The number of para-hydroxylation sites is 1. The van der Waals surface area contributed by atoms with E-state index in [9.17, 15) is 0 Å². The Morgan fingerprint density at radius 2 is 2.21 bits per heavy atom. The zero-order valence-corrected chi connectivity index (χ0v) is 9.50. The summed E-state index contributed by atoms with van der Waals surface area (Å²) in [5.74, 6) is 0. The lowest BCUT2D eigenvalue weighted by Gasteiger charge is -2.25. The minimum absolute atomic E-state index is 0.222. The van der Waals surface area contributed by atoms with Gasteiger partial charge in [0.1, 0.15) is 0 Å². The number of rotatable bonds is 0. The molecule has 0 aromatic heterocycles. The summed E-state index contributed by atoms with van der Waals surface area (Å²) in [5.41, 5.74) is 8.89. The van der Waals surface area contributed by atoms with Gasteiger partial charge in [-0.05, 0) is 46.8 Å². The van der Waals surface area contributed by atoms with E-state index in [1.165, 1.54) is 28.6 Å². The summed E-state index contributed by atoms with van der Waals surface area (Å²) in [6, 6.07) is 7.08. The van der Waals surface area contributed by atoms with Crippen molar-refractivity contribution < 1.29 is 0 Å². The lowest BCUT2D eigenvalue weighted by atomic mass is 10.1. The molecule has 2 atom stereocenters. The monoisotopic (exact) mass is 252 g/mol. The standard InChI is InChI=1S/C11H13BrN2/c12-9-3-1-2-7-6-8-4-5-10(13)14(8)11(7)9/h1-3,8,10H,4-6,13H2. The van der Waals surface area contributed by atoms with Crippen molar-refractivity contribution in [2.45, 2.75) is 31.5 Å². The second-order valence-corrected chi connectivity index (χ2v) is 5.01. The van der Waals surface area contributed by atoms with E-state index in [2.05, 4.69) is 39.0 Å². The fourth-order valence-corrected chi connectivity index (χ4v) is 3.34. The van der Waals surface area contributed by atoms with Crippen LogP contribution in [0.5, 0.6) is 0 Å². The van der Waals surface area contributed by atoms with Gasteiger partial charge in [-0.15, -0.1) is 0 Å². The molecule has 2 aliphatic rings. The molecular formula is C11H13BrN2. The Morgan fingerprint density at radius 3 is 3.07 bits per heavy atom. The zero-order valence-electron chi connectivity index (χ0n) is 7.91. The third-order valence-electron chi connectivity index (χ3n) is 3.33. The van der Waals surface area contributed by atoms with Crippen molar-refractivity contribution >= 4 is 21.6 Å². The Bertz CT molecular complexity index is 378. The smallest absolute Gasteiger partial charge is 0.0775 e. The Hall–Kier alpha value is -0.540. The minimum Gasteiger partial charge on any atom is -0.352 e. The van der Waals surface area contributed by atoms with Gasteiger partial charge in [0.05, 0.1) is 11.9 Å². The molecule has 1 aromatic carbocycles. The van der Waals surface area contributed by atoms with Crippen molar-refractivity contribution in [3.8, 4) is 0 Å². The Balaban J connectivity index is 2.13. The molecule has 74 valence electrons. The maximum absolute atomic E-state index is 6.11. The molecule has 0 spiro atoms. The molecule has 2 heterocycles. The van der Waals surface area contributed by atoms with Crippen LogP contribution < -0.4 is 10.6 Å². The highest BCUT2D eigenvalue weighted by atomic mass is 79.9. The summed E-state index contributed by atoms with van der Waals surface area (Å²) < 4.78 is 1.19. The van der Waals surface area contributed by atoms with Gasteiger partial charge < -0.3 is 10.6 Å². The van der Waals surface area contributed by atoms with Crippen LogP contribution in [-0.2, 0) is 6.42 Å². The van der Waals surface area contributed by atoms with Crippen LogP contribution in [0.25, 0.3) is 0 Å². The van der Waals surface area contributed by atoms with Gasteiger partial charge in [0, 0.05) is 10.5 Å². The molecule has 2 N–H and O–H groups in total. The van der Waals surface area contributed by atoms with Gasteiger partial charge in [-0.3, -0.25) is 0 Å². The highest BCUT2D eigenvalue weighted by Crippen LogP contribution is 2.43. The molecule has 0 aliphatic carbocycles. The Kier molecular flexibility index (Phi) is 1.86. The first kappa shape index (κ1) is 8.74. The Labute approximate surface area is 92.2 Å². The normalized spacial score (nSPS) is 29.1. The van der Waals surface area contributed by atoms with Crippen molar-refractivity contribution in [3.63, 3.8) is 0 Å². The molecule has 14 heavy (non-hydrogen) atoms. The van der Waals surface area contributed by atoms with Crippen LogP contribution in [-0.4, -0.2) is 12.2 Å². The summed E-state index contributed by atoms with van der Waals surface area (Å²) >= 11 is 3.61. The summed E-state index contributed by atoms with van der Waals surface area (Å²) in [4.78, 5) is 2.39. The van der Waals surface area contributed by atoms with Gasteiger partial charge in [0.15, 0.2) is 0 Å². The molecule has 2 aliphatic heterocycles. The van der Waals surface area contributed by atoms with Gasteiger partial charge in [0.25, 0.3) is 0 Å².